The molecule has 6 heteroatoms. The molecule has 1 aromatic carbocycles. The Labute approximate surface area is 130 Å². The lowest BCUT2D eigenvalue weighted by Crippen LogP contribution is -2.24. The van der Waals surface area contributed by atoms with Gasteiger partial charge in [0.2, 0.25) is 0 Å². The summed E-state index contributed by atoms with van der Waals surface area (Å²) in [6.07, 6.45) is -2.10. The molecule has 0 bridgehead atoms. The van der Waals surface area contributed by atoms with E-state index < -0.39 is 12.0 Å². The molecule has 3 nitrogen and oxygen atoms in total. The Bertz CT molecular complexity index is 867. The van der Waals surface area contributed by atoms with E-state index in [9.17, 15) is 18.0 Å². The van der Waals surface area contributed by atoms with E-state index in [1.165, 1.54) is 10.6 Å². The standard InChI is InChI=1S/C17H13F3N2O/c1-21-15-13-8-5-9-22(13)10-12(16(23)17(18,19)20)14(15)11-6-3-2-4-7-11/h2-10,21H,1H3. The normalized spacial score (nSPS) is 11.7. The van der Waals surface area contributed by atoms with Gasteiger partial charge in [-0.1, -0.05) is 30.3 Å². The lowest BCUT2D eigenvalue weighted by atomic mass is 9.96. The number of benzene rings is 1. The molecule has 0 amide bonds. The summed E-state index contributed by atoms with van der Waals surface area (Å²) in [7, 11) is 1.62. The molecule has 0 saturated heterocycles. The van der Waals surface area contributed by atoms with Crippen LogP contribution < -0.4 is 5.32 Å². The van der Waals surface area contributed by atoms with Gasteiger partial charge in [0.05, 0.1) is 16.8 Å². The molecule has 0 aliphatic heterocycles. The van der Waals surface area contributed by atoms with Gasteiger partial charge in [-0.25, -0.2) is 0 Å². The number of nitrogens with one attached hydrogen (secondary N) is 1. The monoisotopic (exact) mass is 318 g/mol. The second-order valence-corrected chi connectivity index (χ2v) is 5.04. The Morgan fingerprint density at radius 3 is 2.39 bits per heavy atom. The van der Waals surface area contributed by atoms with Crippen molar-refractivity contribution in [2.75, 3.05) is 12.4 Å². The van der Waals surface area contributed by atoms with E-state index in [0.29, 0.717) is 16.8 Å². The number of nitrogens with zero attached hydrogens (tertiary/aromatic N) is 1. The summed E-state index contributed by atoms with van der Waals surface area (Å²) in [6.45, 7) is 0. The Hall–Kier alpha value is -2.76. The molecule has 0 radical (unpaired) electrons. The summed E-state index contributed by atoms with van der Waals surface area (Å²) < 4.78 is 40.6. The van der Waals surface area contributed by atoms with Crippen molar-refractivity contribution in [1.29, 1.82) is 0 Å². The maximum Gasteiger partial charge on any atom is 0.454 e. The third kappa shape index (κ3) is 2.56. The van der Waals surface area contributed by atoms with Crippen LogP contribution in [-0.2, 0) is 0 Å². The number of carbonyl (C=O) groups excluding carboxylic acids is 1. The minimum absolute atomic E-state index is 0.252. The fourth-order valence-electron chi connectivity index (χ4n) is 2.67. The molecule has 0 aliphatic rings. The van der Waals surface area contributed by atoms with Gasteiger partial charge >= 0.3 is 6.18 Å². The molecule has 0 spiro atoms. The van der Waals surface area contributed by atoms with Crippen LogP contribution in [0.15, 0.2) is 54.9 Å². The van der Waals surface area contributed by atoms with Crippen molar-refractivity contribution in [3.63, 3.8) is 0 Å². The van der Waals surface area contributed by atoms with Crippen LogP contribution in [0.2, 0.25) is 0 Å². The van der Waals surface area contributed by atoms with Crippen molar-refractivity contribution in [3.8, 4) is 11.1 Å². The number of aromatic nitrogens is 1. The minimum Gasteiger partial charge on any atom is -0.386 e. The van der Waals surface area contributed by atoms with E-state index in [2.05, 4.69) is 5.32 Å². The van der Waals surface area contributed by atoms with Crippen molar-refractivity contribution in [3.05, 3.63) is 60.4 Å². The summed E-state index contributed by atoms with van der Waals surface area (Å²) in [5.74, 6) is -1.86. The molecule has 118 valence electrons. The Kier molecular flexibility index (Phi) is 3.60. The Morgan fingerprint density at radius 1 is 1.09 bits per heavy atom. The van der Waals surface area contributed by atoms with E-state index in [1.54, 1.807) is 55.7 Å². The van der Waals surface area contributed by atoms with Crippen LogP contribution in [0, 0.1) is 0 Å². The average molecular weight is 318 g/mol. The van der Waals surface area contributed by atoms with Crippen LogP contribution in [0.5, 0.6) is 0 Å². The topological polar surface area (TPSA) is 33.5 Å². The van der Waals surface area contributed by atoms with Crippen LogP contribution in [-0.4, -0.2) is 23.4 Å². The fraction of sp³-hybridized carbons (Fsp3) is 0.118. The first-order valence-electron chi connectivity index (χ1n) is 6.92. The zero-order valence-corrected chi connectivity index (χ0v) is 12.2. The summed E-state index contributed by atoms with van der Waals surface area (Å²) in [5, 5.41) is 2.93. The molecule has 3 rings (SSSR count). The molecule has 0 aliphatic carbocycles. The lowest BCUT2D eigenvalue weighted by molar-refractivity contribution is -0.0885. The number of pyridine rings is 1. The number of hydrogen-bond acceptors (Lipinski definition) is 2. The van der Waals surface area contributed by atoms with Crippen LogP contribution >= 0.6 is 0 Å². The van der Waals surface area contributed by atoms with Crippen molar-refractivity contribution in [1.82, 2.24) is 4.40 Å². The van der Waals surface area contributed by atoms with Gasteiger partial charge in [0.15, 0.2) is 0 Å². The molecule has 0 unspecified atom stereocenters. The zero-order chi connectivity index (χ0) is 16.6. The largest absolute Gasteiger partial charge is 0.454 e. The first kappa shape index (κ1) is 15.1. The highest BCUT2D eigenvalue weighted by Crippen LogP contribution is 2.37. The predicted molar refractivity (Wildman–Crippen MR) is 82.8 cm³/mol. The third-order valence-corrected chi connectivity index (χ3v) is 3.64. The molecule has 0 saturated carbocycles. The van der Waals surface area contributed by atoms with Gasteiger partial charge in [-0.2, -0.15) is 13.2 Å². The molecule has 1 N–H and O–H groups in total. The minimum atomic E-state index is -4.94. The summed E-state index contributed by atoms with van der Waals surface area (Å²) in [4.78, 5) is 11.9. The highest BCUT2D eigenvalue weighted by atomic mass is 19.4. The highest BCUT2D eigenvalue weighted by molar-refractivity contribution is 6.09. The zero-order valence-electron chi connectivity index (χ0n) is 12.2. The van der Waals surface area contributed by atoms with Crippen molar-refractivity contribution >= 4 is 17.0 Å². The number of alkyl halides is 3. The fourth-order valence-corrected chi connectivity index (χ4v) is 2.67. The summed E-state index contributed by atoms with van der Waals surface area (Å²) in [5.41, 5.74) is 1.60. The molecular formula is C17H13F3N2O. The highest BCUT2D eigenvalue weighted by Gasteiger charge is 2.41. The lowest BCUT2D eigenvalue weighted by Gasteiger charge is -2.17. The van der Waals surface area contributed by atoms with E-state index in [0.717, 1.165) is 0 Å². The number of rotatable bonds is 3. The number of halogens is 3. The van der Waals surface area contributed by atoms with E-state index in [1.807, 2.05) is 0 Å². The maximum absolute atomic E-state index is 13.0. The average Bonchev–Trinajstić information content (AvgIpc) is 3.00. The quantitative estimate of drug-likeness (QED) is 0.727. The van der Waals surface area contributed by atoms with Crippen molar-refractivity contribution < 1.29 is 18.0 Å². The van der Waals surface area contributed by atoms with Gasteiger partial charge in [0, 0.05) is 25.0 Å². The van der Waals surface area contributed by atoms with Crippen LogP contribution in [0.25, 0.3) is 16.6 Å². The predicted octanol–water partition coefficient (Wildman–Crippen LogP) is 4.39. The first-order valence-corrected chi connectivity index (χ1v) is 6.92. The summed E-state index contributed by atoms with van der Waals surface area (Å²) >= 11 is 0. The van der Waals surface area contributed by atoms with Crippen LogP contribution in [0.1, 0.15) is 10.4 Å². The van der Waals surface area contributed by atoms with Gasteiger partial charge in [-0.05, 0) is 17.7 Å². The second-order valence-electron chi connectivity index (χ2n) is 5.04. The van der Waals surface area contributed by atoms with E-state index in [4.69, 9.17) is 0 Å². The first-order chi connectivity index (χ1) is 10.9. The Morgan fingerprint density at radius 2 is 1.78 bits per heavy atom. The Balaban J connectivity index is 2.40. The summed E-state index contributed by atoms with van der Waals surface area (Å²) in [6, 6.07) is 12.1. The number of carbonyl (C=O) groups is 1. The smallest absolute Gasteiger partial charge is 0.386 e. The van der Waals surface area contributed by atoms with E-state index in [-0.39, 0.29) is 11.1 Å². The molecule has 2 aromatic heterocycles. The number of fused-ring (bicyclic) bond motifs is 1. The number of ketones is 1. The van der Waals surface area contributed by atoms with Crippen molar-refractivity contribution in [2.24, 2.45) is 0 Å². The van der Waals surface area contributed by atoms with Gasteiger partial charge in [-0.15, -0.1) is 0 Å². The van der Waals surface area contributed by atoms with E-state index >= 15 is 0 Å². The van der Waals surface area contributed by atoms with Crippen LogP contribution in [0.4, 0.5) is 18.9 Å². The number of hydrogen-bond donors (Lipinski definition) is 1. The van der Waals surface area contributed by atoms with Gasteiger partial charge in [0.1, 0.15) is 0 Å². The van der Waals surface area contributed by atoms with Gasteiger partial charge in [-0.3, -0.25) is 4.79 Å². The molecule has 0 atom stereocenters. The number of Topliss-reactive ketones (excluding diaryl/α,β-unsaturated/α-hetero) is 1. The van der Waals surface area contributed by atoms with Gasteiger partial charge < -0.3 is 9.72 Å². The molecule has 0 fully saturated rings. The molecule has 2 heterocycles. The maximum atomic E-state index is 13.0. The second kappa shape index (κ2) is 5.46. The van der Waals surface area contributed by atoms with Crippen LogP contribution in [0.3, 0.4) is 0 Å². The molecule has 3 aromatic rings. The molecular weight excluding hydrogens is 305 g/mol. The number of anilines is 1. The SMILES string of the molecule is CNc1c(-c2ccccc2)c(C(=O)C(F)(F)F)cn2cccc12. The van der Waals surface area contributed by atoms with Crippen molar-refractivity contribution in [2.45, 2.75) is 6.18 Å². The molecule has 23 heavy (non-hydrogen) atoms. The third-order valence-electron chi connectivity index (χ3n) is 3.64. The van der Waals surface area contributed by atoms with Gasteiger partial charge in [0.25, 0.3) is 5.78 Å².